The Balaban J connectivity index is 1.34. The Hall–Kier alpha value is -4.46. The summed E-state index contributed by atoms with van der Waals surface area (Å²) in [7, 11) is 0. The van der Waals surface area contributed by atoms with Crippen molar-refractivity contribution in [1.82, 2.24) is 20.8 Å². The van der Waals surface area contributed by atoms with E-state index in [1.54, 1.807) is 24.3 Å². The zero-order valence-corrected chi connectivity index (χ0v) is 25.0. The van der Waals surface area contributed by atoms with Crippen LogP contribution in [0, 0.1) is 5.92 Å². The molecule has 0 radical (unpaired) electrons. The molecule has 3 rings (SSSR count). The summed E-state index contributed by atoms with van der Waals surface area (Å²) in [5.74, 6) is -2.67. The molecule has 0 fully saturated rings. The Morgan fingerprint density at radius 2 is 1.84 bits per heavy atom. The first kappa shape index (κ1) is 34.0. The summed E-state index contributed by atoms with van der Waals surface area (Å²) >= 11 is 1.34. The lowest BCUT2D eigenvalue weighted by Crippen LogP contribution is -2.43. The van der Waals surface area contributed by atoms with Gasteiger partial charge in [-0.15, -0.1) is 10.2 Å². The molecule has 3 amide bonds. The molecule has 2 unspecified atom stereocenters. The smallest absolute Gasteiger partial charge is 0.402 e. The maximum absolute atomic E-state index is 12.5. The number of amides is 3. The first-order valence-electron chi connectivity index (χ1n) is 14.0. The zero-order valence-electron chi connectivity index (χ0n) is 24.2. The summed E-state index contributed by atoms with van der Waals surface area (Å²) < 4.78 is 37.6. The van der Waals surface area contributed by atoms with Gasteiger partial charge in [-0.3, -0.25) is 14.4 Å². The minimum absolute atomic E-state index is 0.0611. The molecule has 0 bridgehead atoms. The number of hydrogen-bond donors (Lipinski definition) is 5. The monoisotopic (exact) mass is 631 g/mol. The van der Waals surface area contributed by atoms with Gasteiger partial charge in [0, 0.05) is 24.6 Å². The van der Waals surface area contributed by atoms with Gasteiger partial charge >= 0.3 is 12.1 Å². The fourth-order valence-electron chi connectivity index (χ4n) is 4.33. The molecule has 14 heteroatoms. The third-order valence-electron chi connectivity index (χ3n) is 6.59. The van der Waals surface area contributed by atoms with Crippen LogP contribution in [0.15, 0.2) is 77.8 Å². The van der Waals surface area contributed by atoms with Crippen molar-refractivity contribution in [2.45, 2.75) is 64.1 Å². The minimum atomic E-state index is -4.96. The van der Waals surface area contributed by atoms with Gasteiger partial charge in [0.15, 0.2) is 0 Å². The van der Waals surface area contributed by atoms with Gasteiger partial charge in [-0.1, -0.05) is 59.9 Å². The molecular formula is C30H36F3N7O3S. The molecule has 0 aliphatic heterocycles. The lowest BCUT2D eigenvalue weighted by atomic mass is 9.88. The first-order chi connectivity index (χ1) is 20.9. The summed E-state index contributed by atoms with van der Waals surface area (Å²) in [4.78, 5) is 35.9. The molecule has 1 aliphatic rings. The third kappa shape index (κ3) is 12.0. The largest absolute Gasteiger partial charge is 0.471 e. The number of alkyl halides is 3. The number of allylic oxidation sites excluding steroid dienone is 6. The number of unbranched alkanes of at least 4 members (excludes halogenated alkanes) is 1. The molecule has 0 saturated heterocycles. The highest BCUT2D eigenvalue weighted by Gasteiger charge is 2.39. The van der Waals surface area contributed by atoms with Crippen LogP contribution in [-0.2, 0) is 27.2 Å². The van der Waals surface area contributed by atoms with E-state index < -0.39 is 18.1 Å². The van der Waals surface area contributed by atoms with E-state index in [0.29, 0.717) is 35.7 Å². The number of nitrogens with one attached hydrogen (secondary N) is 3. The van der Waals surface area contributed by atoms with Gasteiger partial charge in [0.25, 0.3) is 0 Å². The van der Waals surface area contributed by atoms with Gasteiger partial charge in [-0.25, -0.2) is 0 Å². The Morgan fingerprint density at radius 1 is 1.09 bits per heavy atom. The van der Waals surface area contributed by atoms with Crippen LogP contribution in [0.2, 0.25) is 0 Å². The Labute approximate surface area is 257 Å². The molecule has 2 atom stereocenters. The van der Waals surface area contributed by atoms with Gasteiger partial charge in [-0.05, 0) is 61.8 Å². The fraction of sp³-hybridized carbons (Fsp3) is 0.367. The standard InChI is InChI=1S/C30H36F3N7O3S/c1-19(36-28(43)30(31,32)33)22-11-7-10-21(16-22)18-25(41)37-24(35)15-14-23(34)12-5-6-13-27-39-40-29(44-27)38-26(42)17-20-8-3-2-4-9-20/h2-4,7-11,14-15,19,21H,5-6,12-13,16-18,34-35H2,1H3,(H,36,43)(H,37,41)(H,38,40,42)/b23-14-,24-15+. The number of aryl methyl sites for hydroxylation is 1. The van der Waals surface area contributed by atoms with Crippen molar-refractivity contribution >= 4 is 34.2 Å². The molecule has 0 spiro atoms. The van der Waals surface area contributed by atoms with E-state index in [-0.39, 0.29) is 36.4 Å². The summed E-state index contributed by atoms with van der Waals surface area (Å²) in [5.41, 5.74) is 14.1. The topological polar surface area (TPSA) is 165 Å². The first-order valence-corrected chi connectivity index (χ1v) is 14.8. The number of hydrogen-bond acceptors (Lipinski definition) is 8. The van der Waals surface area contributed by atoms with Crippen LogP contribution in [0.5, 0.6) is 0 Å². The van der Waals surface area contributed by atoms with Crippen LogP contribution >= 0.6 is 11.3 Å². The highest BCUT2D eigenvalue weighted by atomic mass is 32.1. The zero-order chi connectivity index (χ0) is 32.1. The number of halogens is 3. The highest BCUT2D eigenvalue weighted by molar-refractivity contribution is 7.15. The maximum Gasteiger partial charge on any atom is 0.471 e. The molecule has 10 nitrogen and oxygen atoms in total. The van der Waals surface area contributed by atoms with E-state index in [0.717, 1.165) is 23.4 Å². The average Bonchev–Trinajstić information content (AvgIpc) is 3.41. The number of benzene rings is 1. The van der Waals surface area contributed by atoms with E-state index in [4.69, 9.17) is 11.5 Å². The van der Waals surface area contributed by atoms with Crippen molar-refractivity contribution in [1.29, 1.82) is 0 Å². The van der Waals surface area contributed by atoms with Gasteiger partial charge in [-0.2, -0.15) is 13.2 Å². The normalized spacial score (nSPS) is 16.2. The van der Waals surface area contributed by atoms with E-state index >= 15 is 0 Å². The highest BCUT2D eigenvalue weighted by Crippen LogP contribution is 2.25. The number of aromatic nitrogens is 2. The molecule has 2 aromatic rings. The number of anilines is 1. The second-order valence-electron chi connectivity index (χ2n) is 10.3. The van der Waals surface area contributed by atoms with Crippen LogP contribution in [0.25, 0.3) is 0 Å². The average molecular weight is 632 g/mol. The van der Waals surface area contributed by atoms with Crippen molar-refractivity contribution in [2.75, 3.05) is 5.32 Å². The van der Waals surface area contributed by atoms with Crippen LogP contribution in [-0.4, -0.2) is 40.1 Å². The molecule has 1 aromatic carbocycles. The van der Waals surface area contributed by atoms with Crippen LogP contribution in [0.1, 0.15) is 49.6 Å². The van der Waals surface area contributed by atoms with Crippen LogP contribution in [0.4, 0.5) is 18.3 Å². The molecule has 1 aromatic heterocycles. The third-order valence-corrected chi connectivity index (χ3v) is 7.49. The summed E-state index contributed by atoms with van der Waals surface area (Å²) in [6, 6.07) is 8.60. The second kappa shape index (κ2) is 16.4. The number of carbonyl (C=O) groups is 3. The summed E-state index contributed by atoms with van der Waals surface area (Å²) in [5, 5.41) is 16.7. The van der Waals surface area contributed by atoms with E-state index in [9.17, 15) is 27.6 Å². The molecule has 7 N–H and O–H groups in total. The Morgan fingerprint density at radius 3 is 2.57 bits per heavy atom. The van der Waals surface area contributed by atoms with E-state index in [2.05, 4.69) is 20.8 Å². The molecule has 44 heavy (non-hydrogen) atoms. The predicted molar refractivity (Wildman–Crippen MR) is 163 cm³/mol. The summed E-state index contributed by atoms with van der Waals surface area (Å²) in [6.07, 6.45) is 6.75. The second-order valence-corrected chi connectivity index (χ2v) is 11.4. The predicted octanol–water partition coefficient (Wildman–Crippen LogP) is 4.15. The number of rotatable bonds is 14. The summed E-state index contributed by atoms with van der Waals surface area (Å²) in [6.45, 7) is 1.46. The SMILES string of the molecule is CC(NC(=O)C(F)(F)F)C1=CC=CC(CC(=O)N/C(N)=C/C=C(\N)CCCCc2nnc(NC(=O)Cc3ccccc3)s2)C1. The van der Waals surface area contributed by atoms with Gasteiger partial charge in [0.2, 0.25) is 16.9 Å². The fourth-order valence-corrected chi connectivity index (χ4v) is 5.13. The number of nitrogens with zero attached hydrogens (tertiary/aromatic N) is 2. The van der Waals surface area contributed by atoms with E-state index in [1.165, 1.54) is 24.3 Å². The molecule has 1 aliphatic carbocycles. The van der Waals surface area contributed by atoms with Crippen molar-refractivity contribution < 1.29 is 27.6 Å². The lowest BCUT2D eigenvalue weighted by molar-refractivity contribution is -0.174. The number of carbonyl (C=O) groups excluding carboxylic acids is 3. The molecule has 0 saturated carbocycles. The van der Waals surface area contributed by atoms with Crippen molar-refractivity contribution in [3.05, 3.63) is 88.4 Å². The Kier molecular flexibility index (Phi) is 12.7. The van der Waals surface area contributed by atoms with Crippen molar-refractivity contribution in [2.24, 2.45) is 17.4 Å². The van der Waals surface area contributed by atoms with Crippen LogP contribution in [0.3, 0.4) is 0 Å². The number of nitrogens with two attached hydrogens (primary N) is 2. The molecule has 1 heterocycles. The maximum atomic E-state index is 12.5. The van der Waals surface area contributed by atoms with Crippen molar-refractivity contribution in [3.8, 4) is 0 Å². The van der Waals surface area contributed by atoms with Gasteiger partial charge in [0.1, 0.15) is 10.8 Å². The molecule has 236 valence electrons. The lowest BCUT2D eigenvalue weighted by Gasteiger charge is -2.24. The van der Waals surface area contributed by atoms with Crippen LogP contribution < -0.4 is 27.4 Å². The van der Waals surface area contributed by atoms with Gasteiger partial charge < -0.3 is 27.4 Å². The van der Waals surface area contributed by atoms with E-state index in [1.807, 2.05) is 35.6 Å². The minimum Gasteiger partial charge on any atom is -0.402 e. The quantitative estimate of drug-likeness (QED) is 0.154. The molecular weight excluding hydrogens is 595 g/mol. The van der Waals surface area contributed by atoms with Crippen molar-refractivity contribution in [3.63, 3.8) is 0 Å². The van der Waals surface area contributed by atoms with Gasteiger partial charge in [0.05, 0.1) is 6.42 Å². The Bertz CT molecular complexity index is 1420.